The topological polar surface area (TPSA) is 116 Å². The number of methoxy groups -OCH3 is 1. The molecule has 1 unspecified atom stereocenters. The van der Waals surface area contributed by atoms with Crippen LogP contribution in [-0.2, 0) is 9.84 Å². The number of aromatic nitrogens is 4. The molecule has 0 amide bonds. The summed E-state index contributed by atoms with van der Waals surface area (Å²) in [5.74, 6) is 0.298. The van der Waals surface area contributed by atoms with E-state index >= 15 is 0 Å². The van der Waals surface area contributed by atoms with Gasteiger partial charge in [-0.2, -0.15) is 0 Å². The first-order valence-electron chi connectivity index (χ1n) is 11.6. The number of ether oxygens (including phenoxy) is 2. The molecule has 10 heteroatoms. The number of nitrogens with zero attached hydrogens (tertiary/aromatic N) is 3. The highest BCUT2D eigenvalue weighted by atomic mass is 32.2. The molecule has 4 aromatic rings. The number of aromatic amines is 1. The van der Waals surface area contributed by atoms with E-state index in [9.17, 15) is 13.2 Å². The predicted octanol–water partition coefficient (Wildman–Crippen LogP) is 3.75. The number of rotatable bonds is 8. The Labute approximate surface area is 210 Å². The van der Waals surface area contributed by atoms with E-state index in [0.717, 1.165) is 34.1 Å². The van der Waals surface area contributed by atoms with Crippen molar-refractivity contribution in [3.8, 4) is 22.8 Å². The van der Waals surface area contributed by atoms with Gasteiger partial charge in [0.25, 0.3) is 5.88 Å². The first kappa shape index (κ1) is 25.4. The third kappa shape index (κ3) is 4.86. The summed E-state index contributed by atoms with van der Waals surface area (Å²) in [5.41, 5.74) is 5.78. The second kappa shape index (κ2) is 9.77. The zero-order chi connectivity index (χ0) is 26.2. The molecule has 1 atom stereocenters. The van der Waals surface area contributed by atoms with Crippen LogP contribution in [0.25, 0.3) is 22.3 Å². The van der Waals surface area contributed by atoms with Crippen molar-refractivity contribution in [3.05, 3.63) is 69.4 Å². The molecule has 0 fully saturated rings. The first-order chi connectivity index (χ1) is 17.0. The average molecular weight is 511 g/mol. The maximum atomic E-state index is 13.3. The smallest absolute Gasteiger partial charge is 0.328 e. The van der Waals surface area contributed by atoms with E-state index in [-0.39, 0.29) is 11.6 Å². The third-order valence-electron chi connectivity index (χ3n) is 6.14. The Kier molecular flexibility index (Phi) is 6.90. The minimum Gasteiger partial charge on any atom is -0.491 e. The highest BCUT2D eigenvalue weighted by molar-refractivity contribution is 7.90. The summed E-state index contributed by atoms with van der Waals surface area (Å²) in [6.07, 6.45) is 2.86. The molecule has 0 bridgehead atoms. The zero-order valence-electron chi connectivity index (χ0n) is 21.2. The Morgan fingerprint density at radius 1 is 1.11 bits per heavy atom. The first-order valence-corrected chi connectivity index (χ1v) is 13.6. The molecular weight excluding hydrogens is 480 g/mol. The second-order valence-corrected chi connectivity index (χ2v) is 11.1. The molecule has 3 aromatic heterocycles. The van der Waals surface area contributed by atoms with Gasteiger partial charge in [0.05, 0.1) is 36.7 Å². The van der Waals surface area contributed by atoms with Gasteiger partial charge in [-0.05, 0) is 56.5 Å². The normalized spacial score (nSPS) is 12.6. The van der Waals surface area contributed by atoms with E-state index in [2.05, 4.69) is 27.1 Å². The summed E-state index contributed by atoms with van der Waals surface area (Å²) >= 11 is 0. The third-order valence-corrected chi connectivity index (χ3v) is 7.06. The minimum absolute atomic E-state index is 0.227. The summed E-state index contributed by atoms with van der Waals surface area (Å²) in [6.45, 7) is 8.13. The van der Waals surface area contributed by atoms with Crippen LogP contribution in [0.3, 0.4) is 0 Å². The molecule has 0 aliphatic carbocycles. The van der Waals surface area contributed by atoms with Crippen molar-refractivity contribution in [2.75, 3.05) is 25.7 Å². The standard InChI is InChI=1S/C26H30N4O5S/c1-7-35-25-22(34-5)11-10-20(28-25)21(14-36(6,32)33)30-24-23(29-26(30)31)17(4)19(13-27-24)18-12-15(2)8-9-16(18)3/h8-13,21H,7,14H2,1-6H3,(H,29,31). The van der Waals surface area contributed by atoms with Gasteiger partial charge in [0.1, 0.15) is 9.84 Å². The van der Waals surface area contributed by atoms with E-state index in [4.69, 9.17) is 9.47 Å². The molecule has 0 spiro atoms. The van der Waals surface area contributed by atoms with Crippen molar-refractivity contribution in [1.29, 1.82) is 0 Å². The number of pyridine rings is 2. The molecule has 36 heavy (non-hydrogen) atoms. The fourth-order valence-corrected chi connectivity index (χ4v) is 5.27. The second-order valence-electron chi connectivity index (χ2n) is 8.90. The maximum absolute atomic E-state index is 13.3. The SMILES string of the molecule is CCOc1nc(C(CS(C)(=O)=O)n2c(=O)[nH]c3c(C)c(-c4cc(C)ccc4C)cnc32)ccc1OC. The molecule has 190 valence electrons. The van der Waals surface area contributed by atoms with Gasteiger partial charge in [0.15, 0.2) is 11.4 Å². The molecule has 0 saturated heterocycles. The van der Waals surface area contributed by atoms with Crippen LogP contribution in [0.4, 0.5) is 0 Å². The lowest BCUT2D eigenvalue weighted by Crippen LogP contribution is -2.29. The number of H-pyrrole nitrogens is 1. The van der Waals surface area contributed by atoms with Crippen LogP contribution in [0.15, 0.2) is 41.3 Å². The van der Waals surface area contributed by atoms with Crippen LogP contribution in [0, 0.1) is 20.8 Å². The number of sulfone groups is 1. The monoisotopic (exact) mass is 510 g/mol. The highest BCUT2D eigenvalue weighted by Gasteiger charge is 2.27. The van der Waals surface area contributed by atoms with Crippen molar-refractivity contribution in [2.24, 2.45) is 0 Å². The van der Waals surface area contributed by atoms with Gasteiger partial charge in [-0.1, -0.05) is 23.8 Å². The van der Waals surface area contributed by atoms with Crippen molar-refractivity contribution >= 4 is 21.0 Å². The van der Waals surface area contributed by atoms with Gasteiger partial charge in [-0.25, -0.2) is 23.2 Å². The van der Waals surface area contributed by atoms with Gasteiger partial charge in [-0.3, -0.25) is 4.57 Å². The fraction of sp³-hybridized carbons (Fsp3) is 0.346. The summed E-state index contributed by atoms with van der Waals surface area (Å²) < 4.78 is 37.1. The number of nitrogens with one attached hydrogen (secondary N) is 1. The predicted molar refractivity (Wildman–Crippen MR) is 140 cm³/mol. The van der Waals surface area contributed by atoms with E-state index in [1.807, 2.05) is 33.8 Å². The van der Waals surface area contributed by atoms with Crippen LogP contribution in [0.2, 0.25) is 0 Å². The molecule has 1 aromatic carbocycles. The Morgan fingerprint density at radius 2 is 1.86 bits per heavy atom. The summed E-state index contributed by atoms with van der Waals surface area (Å²) in [4.78, 5) is 25.3. The lowest BCUT2D eigenvalue weighted by molar-refractivity contribution is 0.296. The highest BCUT2D eigenvalue weighted by Crippen LogP contribution is 2.33. The minimum atomic E-state index is -3.51. The molecule has 9 nitrogen and oxygen atoms in total. The Hall–Kier alpha value is -3.66. The molecular formula is C26H30N4O5S. The largest absolute Gasteiger partial charge is 0.491 e. The fourth-order valence-electron chi connectivity index (χ4n) is 4.37. The van der Waals surface area contributed by atoms with E-state index in [1.54, 1.807) is 18.3 Å². The summed E-state index contributed by atoms with van der Waals surface area (Å²) in [7, 11) is -2.01. The van der Waals surface area contributed by atoms with Crippen molar-refractivity contribution < 1.29 is 17.9 Å². The Morgan fingerprint density at radius 3 is 2.53 bits per heavy atom. The van der Waals surface area contributed by atoms with E-state index in [1.165, 1.54) is 11.7 Å². The van der Waals surface area contributed by atoms with Crippen LogP contribution in [0.5, 0.6) is 11.6 Å². The molecule has 3 heterocycles. The molecule has 0 radical (unpaired) electrons. The number of benzene rings is 1. The molecule has 1 N–H and O–H groups in total. The number of hydrogen-bond acceptors (Lipinski definition) is 7. The Balaban J connectivity index is 1.94. The maximum Gasteiger partial charge on any atom is 0.328 e. The van der Waals surface area contributed by atoms with E-state index in [0.29, 0.717) is 29.2 Å². The molecule has 0 aliphatic heterocycles. The van der Waals surface area contributed by atoms with Crippen molar-refractivity contribution in [1.82, 2.24) is 19.5 Å². The van der Waals surface area contributed by atoms with Crippen LogP contribution in [0.1, 0.15) is 35.3 Å². The number of aryl methyl sites for hydroxylation is 3. The molecule has 0 saturated carbocycles. The van der Waals surface area contributed by atoms with E-state index < -0.39 is 21.6 Å². The van der Waals surface area contributed by atoms with Crippen LogP contribution in [-0.4, -0.2) is 53.7 Å². The number of imidazole rings is 1. The van der Waals surface area contributed by atoms with Gasteiger partial charge < -0.3 is 14.5 Å². The molecule has 4 rings (SSSR count). The molecule has 0 aliphatic rings. The lowest BCUT2D eigenvalue weighted by atomic mass is 9.96. The Bertz CT molecular complexity index is 1600. The van der Waals surface area contributed by atoms with Crippen LogP contribution >= 0.6 is 0 Å². The van der Waals surface area contributed by atoms with Gasteiger partial charge in [-0.15, -0.1) is 0 Å². The zero-order valence-corrected chi connectivity index (χ0v) is 22.1. The number of hydrogen-bond donors (Lipinski definition) is 1. The van der Waals surface area contributed by atoms with Crippen LogP contribution < -0.4 is 15.2 Å². The van der Waals surface area contributed by atoms with Gasteiger partial charge in [0, 0.05) is 18.0 Å². The van der Waals surface area contributed by atoms with Crippen molar-refractivity contribution in [2.45, 2.75) is 33.7 Å². The van der Waals surface area contributed by atoms with Crippen molar-refractivity contribution in [3.63, 3.8) is 0 Å². The summed E-state index contributed by atoms with van der Waals surface area (Å²) in [5, 5.41) is 0. The lowest BCUT2D eigenvalue weighted by Gasteiger charge is -2.19. The van der Waals surface area contributed by atoms with Gasteiger partial charge >= 0.3 is 5.69 Å². The quantitative estimate of drug-likeness (QED) is 0.384. The number of fused-ring (bicyclic) bond motifs is 1. The van der Waals surface area contributed by atoms with Gasteiger partial charge in [0.2, 0.25) is 0 Å². The average Bonchev–Trinajstić information content (AvgIpc) is 3.16. The summed E-state index contributed by atoms with van der Waals surface area (Å²) in [6, 6.07) is 8.55.